The number of likely N-dealkylation sites (tertiary alicyclic amines) is 1. The van der Waals surface area contributed by atoms with Gasteiger partial charge in [0.2, 0.25) is 11.8 Å². The molecule has 0 radical (unpaired) electrons. The van der Waals surface area contributed by atoms with E-state index in [2.05, 4.69) is 11.4 Å². The van der Waals surface area contributed by atoms with Gasteiger partial charge in [-0.2, -0.15) is 0 Å². The van der Waals surface area contributed by atoms with Crippen LogP contribution < -0.4 is 10.1 Å². The Hall–Kier alpha value is -2.04. The first kappa shape index (κ1) is 17.3. The van der Waals surface area contributed by atoms with Crippen molar-refractivity contribution in [3.63, 3.8) is 0 Å². The van der Waals surface area contributed by atoms with Crippen LogP contribution in [-0.4, -0.2) is 43.0 Å². The Labute approximate surface area is 138 Å². The zero-order chi connectivity index (χ0) is 16.8. The van der Waals surface area contributed by atoms with Crippen LogP contribution in [0.15, 0.2) is 18.2 Å². The fraction of sp³-hybridized carbons (Fsp3) is 0.556. The number of piperidine rings is 1. The van der Waals surface area contributed by atoms with E-state index in [1.807, 2.05) is 26.0 Å². The van der Waals surface area contributed by atoms with Crippen molar-refractivity contribution >= 4 is 11.8 Å². The highest BCUT2D eigenvalue weighted by molar-refractivity contribution is 5.80. The lowest BCUT2D eigenvalue weighted by Gasteiger charge is -2.31. The molecule has 1 fully saturated rings. The quantitative estimate of drug-likeness (QED) is 0.846. The first-order valence-corrected chi connectivity index (χ1v) is 8.20. The molecule has 1 aromatic rings. The van der Waals surface area contributed by atoms with E-state index in [4.69, 9.17) is 4.74 Å². The molecular weight excluding hydrogens is 292 g/mol. The monoisotopic (exact) mass is 318 g/mol. The van der Waals surface area contributed by atoms with E-state index < -0.39 is 0 Å². The Bertz CT molecular complexity index is 551. The number of hydrogen-bond acceptors (Lipinski definition) is 3. The molecule has 5 nitrogen and oxygen atoms in total. The number of amides is 2. The number of carbonyl (C=O) groups excluding carboxylic acids is 2. The Morgan fingerprint density at radius 1 is 1.26 bits per heavy atom. The molecule has 1 saturated heterocycles. The Morgan fingerprint density at radius 2 is 1.96 bits per heavy atom. The van der Waals surface area contributed by atoms with Crippen molar-refractivity contribution in [3.8, 4) is 5.75 Å². The average Bonchev–Trinajstić information content (AvgIpc) is 2.50. The van der Waals surface area contributed by atoms with Crippen LogP contribution >= 0.6 is 0 Å². The van der Waals surface area contributed by atoms with Gasteiger partial charge in [-0.05, 0) is 49.9 Å². The fourth-order valence-corrected chi connectivity index (χ4v) is 2.98. The van der Waals surface area contributed by atoms with E-state index in [9.17, 15) is 9.59 Å². The summed E-state index contributed by atoms with van der Waals surface area (Å²) in [5, 5.41) is 2.91. The van der Waals surface area contributed by atoms with Gasteiger partial charge in [0.15, 0.2) is 0 Å². The molecule has 2 amide bonds. The molecule has 0 aromatic heterocycles. The molecule has 1 aliphatic rings. The van der Waals surface area contributed by atoms with Gasteiger partial charge in [0.05, 0.1) is 12.5 Å². The van der Waals surface area contributed by atoms with Gasteiger partial charge in [0.25, 0.3) is 0 Å². The van der Waals surface area contributed by atoms with Crippen LogP contribution in [0.3, 0.4) is 0 Å². The maximum Gasteiger partial charge on any atom is 0.225 e. The smallest absolute Gasteiger partial charge is 0.225 e. The van der Waals surface area contributed by atoms with Gasteiger partial charge in [0, 0.05) is 20.0 Å². The average molecular weight is 318 g/mol. The molecule has 1 atom stereocenters. The Morgan fingerprint density at radius 3 is 2.61 bits per heavy atom. The van der Waals surface area contributed by atoms with Crippen molar-refractivity contribution < 1.29 is 14.3 Å². The second-order valence-electron chi connectivity index (χ2n) is 6.27. The third-order valence-corrected chi connectivity index (χ3v) is 4.10. The van der Waals surface area contributed by atoms with E-state index >= 15 is 0 Å². The molecule has 0 unspecified atom stereocenters. The molecule has 23 heavy (non-hydrogen) atoms. The molecule has 1 heterocycles. The van der Waals surface area contributed by atoms with Crippen molar-refractivity contribution in [2.75, 3.05) is 26.2 Å². The van der Waals surface area contributed by atoms with E-state index in [0.717, 1.165) is 36.3 Å². The number of nitrogens with one attached hydrogen (secondary N) is 1. The van der Waals surface area contributed by atoms with Crippen LogP contribution in [0.1, 0.15) is 30.9 Å². The summed E-state index contributed by atoms with van der Waals surface area (Å²) in [4.78, 5) is 25.3. The van der Waals surface area contributed by atoms with Crippen molar-refractivity contribution in [1.29, 1.82) is 0 Å². The normalized spacial score (nSPS) is 17.7. The van der Waals surface area contributed by atoms with Gasteiger partial charge in [0.1, 0.15) is 12.4 Å². The highest BCUT2D eigenvalue weighted by atomic mass is 16.5. The summed E-state index contributed by atoms with van der Waals surface area (Å²) in [7, 11) is 0. The Balaban J connectivity index is 1.73. The van der Waals surface area contributed by atoms with Crippen LogP contribution in [0.25, 0.3) is 0 Å². The summed E-state index contributed by atoms with van der Waals surface area (Å²) in [6, 6.07) is 6.07. The molecule has 2 rings (SSSR count). The number of carbonyl (C=O) groups is 2. The van der Waals surface area contributed by atoms with Gasteiger partial charge >= 0.3 is 0 Å². The third kappa shape index (κ3) is 5.27. The number of hydrogen-bond donors (Lipinski definition) is 1. The number of aryl methyl sites for hydroxylation is 2. The third-order valence-electron chi connectivity index (χ3n) is 4.10. The molecule has 1 N–H and O–H groups in total. The maximum absolute atomic E-state index is 12.2. The molecular formula is C18H26N2O3. The van der Waals surface area contributed by atoms with Crippen molar-refractivity contribution in [2.45, 2.75) is 33.6 Å². The van der Waals surface area contributed by atoms with E-state index in [-0.39, 0.29) is 17.7 Å². The number of ether oxygens (including phenoxy) is 1. The van der Waals surface area contributed by atoms with Crippen molar-refractivity contribution in [2.24, 2.45) is 5.92 Å². The van der Waals surface area contributed by atoms with Crippen LogP contribution in [0.4, 0.5) is 0 Å². The van der Waals surface area contributed by atoms with Crippen LogP contribution in [0.2, 0.25) is 0 Å². The first-order chi connectivity index (χ1) is 11.0. The van der Waals surface area contributed by atoms with E-state index in [1.54, 1.807) is 11.8 Å². The molecule has 0 aliphatic carbocycles. The second kappa shape index (κ2) is 7.99. The van der Waals surface area contributed by atoms with Gasteiger partial charge in [-0.25, -0.2) is 0 Å². The Kier molecular flexibility index (Phi) is 6.02. The van der Waals surface area contributed by atoms with Crippen LogP contribution in [-0.2, 0) is 9.59 Å². The van der Waals surface area contributed by atoms with Gasteiger partial charge < -0.3 is 15.0 Å². The molecule has 0 spiro atoms. The summed E-state index contributed by atoms with van der Waals surface area (Å²) in [6.07, 6.45) is 1.73. The standard InChI is InChI=1S/C18H26N2O3/c1-13-9-14(2)11-17(10-13)23-8-6-19-18(22)16-5-4-7-20(12-16)15(3)21/h9-11,16H,4-8,12H2,1-3H3,(H,19,22)/t16-/m1/s1. The minimum Gasteiger partial charge on any atom is -0.492 e. The lowest BCUT2D eigenvalue weighted by Crippen LogP contribution is -2.45. The molecule has 0 bridgehead atoms. The number of rotatable bonds is 5. The van der Waals surface area contributed by atoms with E-state index in [1.165, 1.54) is 0 Å². The minimum atomic E-state index is -0.103. The summed E-state index contributed by atoms with van der Waals surface area (Å²) in [5.74, 6) is 0.784. The zero-order valence-corrected chi connectivity index (χ0v) is 14.2. The lowest BCUT2D eigenvalue weighted by molar-refractivity contribution is -0.134. The second-order valence-corrected chi connectivity index (χ2v) is 6.27. The summed E-state index contributed by atoms with van der Waals surface area (Å²) in [5.41, 5.74) is 2.33. The highest BCUT2D eigenvalue weighted by Crippen LogP contribution is 2.17. The van der Waals surface area contributed by atoms with Crippen molar-refractivity contribution in [3.05, 3.63) is 29.3 Å². The summed E-state index contributed by atoms with van der Waals surface area (Å²) < 4.78 is 5.69. The van der Waals surface area contributed by atoms with Gasteiger partial charge in [-0.3, -0.25) is 9.59 Å². The molecule has 0 saturated carbocycles. The van der Waals surface area contributed by atoms with Gasteiger partial charge in [-0.15, -0.1) is 0 Å². The predicted octanol–water partition coefficient (Wildman–Crippen LogP) is 2.06. The van der Waals surface area contributed by atoms with Crippen LogP contribution in [0.5, 0.6) is 5.75 Å². The number of benzene rings is 1. The minimum absolute atomic E-state index is 0.0139. The highest BCUT2D eigenvalue weighted by Gasteiger charge is 2.26. The maximum atomic E-state index is 12.2. The molecule has 1 aromatic carbocycles. The zero-order valence-electron chi connectivity index (χ0n) is 14.2. The fourth-order valence-electron chi connectivity index (χ4n) is 2.98. The van der Waals surface area contributed by atoms with Crippen LogP contribution in [0, 0.1) is 19.8 Å². The first-order valence-electron chi connectivity index (χ1n) is 8.20. The largest absolute Gasteiger partial charge is 0.492 e. The predicted molar refractivity (Wildman–Crippen MR) is 89.4 cm³/mol. The topological polar surface area (TPSA) is 58.6 Å². The van der Waals surface area contributed by atoms with Gasteiger partial charge in [-0.1, -0.05) is 6.07 Å². The number of nitrogens with zero attached hydrogens (tertiary/aromatic N) is 1. The van der Waals surface area contributed by atoms with Crippen molar-refractivity contribution in [1.82, 2.24) is 10.2 Å². The molecule has 126 valence electrons. The SMILES string of the molecule is CC(=O)N1CCC[C@@H](C(=O)NCCOc2cc(C)cc(C)c2)C1. The van der Waals surface area contributed by atoms with E-state index in [0.29, 0.717) is 19.7 Å². The lowest BCUT2D eigenvalue weighted by atomic mass is 9.97. The molecule has 5 heteroatoms. The summed E-state index contributed by atoms with van der Waals surface area (Å²) >= 11 is 0. The molecule has 1 aliphatic heterocycles. The summed E-state index contributed by atoms with van der Waals surface area (Å²) in [6.45, 7) is 7.82.